The van der Waals surface area contributed by atoms with E-state index < -0.39 is 0 Å². The molecule has 0 N–H and O–H groups in total. The quantitative estimate of drug-likeness (QED) is 0.501. The molecule has 4 fully saturated rings. The summed E-state index contributed by atoms with van der Waals surface area (Å²) < 4.78 is 0. The monoisotopic (exact) mass is 232 g/mol. The van der Waals surface area contributed by atoms with Crippen molar-refractivity contribution in [3.05, 3.63) is 0 Å². The lowest BCUT2D eigenvalue weighted by Gasteiger charge is -2.58. The van der Waals surface area contributed by atoms with Crippen molar-refractivity contribution >= 4 is 28.4 Å². The fourth-order valence-electron chi connectivity index (χ4n) is 4.38. The first kappa shape index (κ1) is 9.47. The summed E-state index contributed by atoms with van der Waals surface area (Å²) in [6, 6.07) is 0. The van der Waals surface area contributed by atoms with Crippen molar-refractivity contribution in [3.8, 4) is 0 Å². The highest BCUT2D eigenvalue weighted by Crippen LogP contribution is 2.64. The van der Waals surface area contributed by atoms with Crippen LogP contribution in [0, 0.1) is 17.3 Å². The van der Waals surface area contributed by atoms with Gasteiger partial charge in [0.25, 0.3) is 0 Å². The van der Waals surface area contributed by atoms with Crippen molar-refractivity contribution in [2.45, 2.75) is 43.4 Å². The second-order valence-electron chi connectivity index (χ2n) is 5.67. The van der Waals surface area contributed by atoms with E-state index in [-0.39, 0.29) is 15.5 Å². The van der Waals surface area contributed by atoms with Crippen LogP contribution in [0.5, 0.6) is 0 Å². The fourth-order valence-corrected chi connectivity index (χ4v) is 5.29. The van der Waals surface area contributed by atoms with Crippen molar-refractivity contribution in [1.82, 2.24) is 0 Å². The summed E-state index contributed by atoms with van der Waals surface area (Å²) >= 11 is 12.3. The topological polar surface area (TPSA) is 17.1 Å². The van der Waals surface area contributed by atoms with Crippen molar-refractivity contribution in [2.75, 3.05) is 0 Å². The normalized spacial score (nSPS) is 55.0. The minimum Gasteiger partial charge on any atom is -0.281 e. The van der Waals surface area contributed by atoms with Crippen LogP contribution in [0.4, 0.5) is 0 Å². The number of hydrogen-bond acceptors (Lipinski definition) is 1. The van der Waals surface area contributed by atoms with Gasteiger partial charge in [0.15, 0.2) is 0 Å². The first-order valence-electron chi connectivity index (χ1n) is 5.40. The predicted molar refractivity (Wildman–Crippen MR) is 56.6 cm³/mol. The van der Waals surface area contributed by atoms with E-state index in [0.717, 1.165) is 32.1 Å². The van der Waals surface area contributed by atoms with Crippen molar-refractivity contribution in [1.29, 1.82) is 0 Å². The maximum absolute atomic E-state index is 11.5. The molecular formula is C11H14Cl2O. The molecule has 0 saturated heterocycles. The van der Waals surface area contributed by atoms with Crippen molar-refractivity contribution in [2.24, 2.45) is 17.3 Å². The van der Waals surface area contributed by atoms with Gasteiger partial charge in [-0.2, -0.15) is 0 Å². The first-order chi connectivity index (χ1) is 6.51. The van der Waals surface area contributed by atoms with Gasteiger partial charge >= 0.3 is 0 Å². The van der Waals surface area contributed by atoms with Crippen LogP contribution in [-0.4, -0.2) is 10.1 Å². The van der Waals surface area contributed by atoms with Gasteiger partial charge in [-0.05, 0) is 62.0 Å². The van der Waals surface area contributed by atoms with Crippen LogP contribution in [-0.2, 0) is 4.79 Å². The molecule has 1 nitrogen and oxygen atoms in total. The zero-order valence-corrected chi connectivity index (χ0v) is 9.57. The molecule has 2 atom stereocenters. The average Bonchev–Trinajstić information content (AvgIpc) is 1.98. The Morgan fingerprint density at radius 2 is 1.71 bits per heavy atom. The summed E-state index contributed by atoms with van der Waals surface area (Å²) in [5, 5.41) is -0.128. The lowest BCUT2D eigenvalue weighted by atomic mass is 9.49. The standard InChI is InChI=1S/C11H14Cl2O/c12-9(14)10-2-7-1-8(3-10)5-11(13,4-7)6-10/h7-8H,1-6H2. The first-order valence-corrected chi connectivity index (χ1v) is 6.16. The smallest absolute Gasteiger partial charge is 0.227 e. The van der Waals surface area contributed by atoms with Gasteiger partial charge in [-0.3, -0.25) is 4.79 Å². The predicted octanol–water partition coefficient (Wildman–Crippen LogP) is 3.33. The maximum Gasteiger partial charge on any atom is 0.227 e. The van der Waals surface area contributed by atoms with Gasteiger partial charge < -0.3 is 0 Å². The molecule has 0 radical (unpaired) electrons. The molecule has 3 heteroatoms. The van der Waals surface area contributed by atoms with Gasteiger partial charge in [-0.25, -0.2) is 0 Å². The van der Waals surface area contributed by atoms with E-state index in [9.17, 15) is 4.79 Å². The maximum atomic E-state index is 11.5. The van der Waals surface area contributed by atoms with E-state index in [0.29, 0.717) is 11.8 Å². The van der Waals surface area contributed by atoms with Gasteiger partial charge in [-0.1, -0.05) is 0 Å². The Balaban J connectivity index is 2.00. The summed E-state index contributed by atoms with van der Waals surface area (Å²) in [4.78, 5) is 11.5. The highest BCUT2D eigenvalue weighted by molar-refractivity contribution is 6.64. The summed E-state index contributed by atoms with van der Waals surface area (Å²) in [6.07, 6.45) is 6.33. The second-order valence-corrected chi connectivity index (χ2v) is 6.81. The van der Waals surface area contributed by atoms with Crippen LogP contribution in [0.25, 0.3) is 0 Å². The highest BCUT2D eigenvalue weighted by atomic mass is 35.5. The van der Waals surface area contributed by atoms with Crippen LogP contribution in [0.3, 0.4) is 0 Å². The molecule has 4 bridgehead atoms. The van der Waals surface area contributed by atoms with Crippen LogP contribution in [0.1, 0.15) is 38.5 Å². The Bertz CT molecular complexity index is 286. The molecule has 0 heterocycles. The minimum atomic E-state index is -0.243. The number of hydrogen-bond donors (Lipinski definition) is 0. The molecule has 78 valence electrons. The summed E-state index contributed by atoms with van der Waals surface area (Å²) in [6.45, 7) is 0. The number of carbonyl (C=O) groups is 1. The second kappa shape index (κ2) is 2.68. The van der Waals surface area contributed by atoms with Crippen LogP contribution in [0.2, 0.25) is 0 Å². The van der Waals surface area contributed by atoms with Gasteiger partial charge in [0, 0.05) is 10.3 Å². The number of rotatable bonds is 1. The van der Waals surface area contributed by atoms with Crippen molar-refractivity contribution in [3.63, 3.8) is 0 Å². The van der Waals surface area contributed by atoms with Gasteiger partial charge in [0.05, 0.1) is 0 Å². The Morgan fingerprint density at radius 3 is 2.14 bits per heavy atom. The Labute approximate surface area is 94.1 Å². The molecule has 0 aromatic rings. The van der Waals surface area contributed by atoms with Crippen molar-refractivity contribution < 1.29 is 4.79 Å². The van der Waals surface area contributed by atoms with E-state index in [1.165, 1.54) is 6.42 Å². The average molecular weight is 233 g/mol. The summed E-state index contributed by atoms with van der Waals surface area (Å²) in [7, 11) is 0. The molecule has 0 aromatic carbocycles. The minimum absolute atomic E-state index is 0.0887. The molecule has 14 heavy (non-hydrogen) atoms. The molecule has 0 aliphatic heterocycles. The zero-order chi connectivity index (χ0) is 9.97. The largest absolute Gasteiger partial charge is 0.281 e. The lowest BCUT2D eigenvalue weighted by Crippen LogP contribution is -2.55. The molecule has 0 amide bonds. The van der Waals surface area contributed by atoms with Crippen LogP contribution in [0.15, 0.2) is 0 Å². The molecule has 0 aromatic heterocycles. The molecular weight excluding hydrogens is 219 g/mol. The number of halogens is 2. The third-order valence-corrected chi connectivity index (χ3v) is 5.25. The lowest BCUT2D eigenvalue weighted by molar-refractivity contribution is -0.133. The molecule has 4 aliphatic carbocycles. The van der Waals surface area contributed by atoms with Gasteiger partial charge in [0.1, 0.15) is 0 Å². The highest BCUT2D eigenvalue weighted by Gasteiger charge is 2.59. The van der Waals surface area contributed by atoms with Crippen LogP contribution < -0.4 is 0 Å². The van der Waals surface area contributed by atoms with E-state index >= 15 is 0 Å². The third-order valence-electron chi connectivity index (χ3n) is 4.41. The molecule has 2 unspecified atom stereocenters. The van der Waals surface area contributed by atoms with E-state index in [2.05, 4.69) is 0 Å². The Hall–Kier alpha value is 0.250. The van der Waals surface area contributed by atoms with E-state index in [1.807, 2.05) is 0 Å². The van der Waals surface area contributed by atoms with E-state index in [1.54, 1.807) is 0 Å². The molecule has 4 saturated carbocycles. The summed E-state index contributed by atoms with van der Waals surface area (Å²) in [5.41, 5.74) is -0.243. The SMILES string of the molecule is O=C(Cl)C12CC3CC(CC(Cl)(C3)C1)C2. The fraction of sp³-hybridized carbons (Fsp3) is 0.909. The van der Waals surface area contributed by atoms with E-state index in [4.69, 9.17) is 23.2 Å². The zero-order valence-electron chi connectivity index (χ0n) is 8.06. The number of alkyl halides is 1. The van der Waals surface area contributed by atoms with Gasteiger partial charge in [0.2, 0.25) is 5.24 Å². The molecule has 4 rings (SSSR count). The molecule has 4 aliphatic rings. The Kier molecular flexibility index (Phi) is 1.81. The Morgan fingerprint density at radius 1 is 1.14 bits per heavy atom. The third kappa shape index (κ3) is 1.18. The van der Waals surface area contributed by atoms with Crippen LogP contribution >= 0.6 is 23.2 Å². The molecule has 0 spiro atoms. The number of carbonyl (C=O) groups excluding carboxylic acids is 1. The summed E-state index contributed by atoms with van der Waals surface area (Å²) in [5.74, 6) is 1.33. The van der Waals surface area contributed by atoms with Gasteiger partial charge in [-0.15, -0.1) is 11.6 Å².